The number of aromatic nitrogens is 4. The van der Waals surface area contributed by atoms with Gasteiger partial charge in [0, 0.05) is 32.9 Å². The molecule has 0 aliphatic rings. The number of aryl methyl sites for hydroxylation is 1. The summed E-state index contributed by atoms with van der Waals surface area (Å²) < 4.78 is 40.4. The second-order valence-corrected chi connectivity index (χ2v) is 6.93. The molecule has 0 aliphatic carbocycles. The number of nitrogens with zero attached hydrogens (tertiary/aromatic N) is 4. The summed E-state index contributed by atoms with van der Waals surface area (Å²) in [6.07, 6.45) is 2.40. The first kappa shape index (κ1) is 24.4. The van der Waals surface area contributed by atoms with E-state index in [-0.39, 0.29) is 2.85 Å². The molecule has 3 heterocycles. The van der Waals surface area contributed by atoms with Gasteiger partial charge in [0.05, 0.1) is 24.4 Å². The number of urea groups is 1. The lowest BCUT2D eigenvalue weighted by molar-refractivity contribution is -0.122. The van der Waals surface area contributed by atoms with Gasteiger partial charge in [0.2, 0.25) is 0 Å². The number of hydrogen-bond acceptors (Lipinski definition) is 3. The lowest BCUT2D eigenvalue weighted by Gasteiger charge is -2.10. The van der Waals surface area contributed by atoms with Crippen molar-refractivity contribution in [3.05, 3.63) is 72.6 Å². The van der Waals surface area contributed by atoms with Gasteiger partial charge >= 0.3 is 12.2 Å². The summed E-state index contributed by atoms with van der Waals surface area (Å²) in [6.45, 7) is 2.59. The highest BCUT2D eigenvalue weighted by Crippen LogP contribution is 2.24. The number of halogens is 3. The molecule has 0 bridgehead atoms. The highest BCUT2D eigenvalue weighted by Gasteiger charge is 2.27. The molecule has 4 rings (SSSR count). The van der Waals surface area contributed by atoms with E-state index in [2.05, 4.69) is 27.1 Å². The molecule has 0 aliphatic heterocycles. The van der Waals surface area contributed by atoms with Crippen LogP contribution in [-0.2, 0) is 7.05 Å². The minimum Gasteiger partial charge on any atom is -0.329 e. The monoisotopic (exact) mass is 472 g/mol. The molecule has 1 aromatic carbocycles. The van der Waals surface area contributed by atoms with Gasteiger partial charge in [-0.05, 0) is 30.2 Å². The Labute approximate surface area is 197 Å². The standard InChI is InChI=1S/C22H17F3N6O.C2H6.2H2/c1-30-14-26-11-18(30)6-5-15-7-8-31-19(12-27-20(31)9-15)16-3-2-4-17(10-16)29-21(32)28-13-22(23,24)25;1-2;;/h2-4,7-12,14H,13H2,1H3,(H2,28,29,32);1-2H3;2*1H. The van der Waals surface area contributed by atoms with E-state index in [0.29, 0.717) is 11.3 Å². The van der Waals surface area contributed by atoms with Crippen LogP contribution < -0.4 is 10.6 Å². The van der Waals surface area contributed by atoms with Crippen LogP contribution in [0, 0.1) is 11.8 Å². The van der Waals surface area contributed by atoms with Crippen LogP contribution in [0.15, 0.2) is 61.3 Å². The lowest BCUT2D eigenvalue weighted by atomic mass is 10.1. The maximum Gasteiger partial charge on any atom is 0.405 e. The second-order valence-electron chi connectivity index (χ2n) is 6.93. The SMILES string of the molecule is CC.Cn1cncc1C#Cc1ccn2c(-c3cccc(NC(=O)NCC(F)(F)F)c3)cnc2c1.[HH].[HH]. The summed E-state index contributed by atoms with van der Waals surface area (Å²) in [5.41, 5.74) is 4.10. The highest BCUT2D eigenvalue weighted by atomic mass is 19.4. The maximum absolute atomic E-state index is 12.3. The fourth-order valence-electron chi connectivity index (χ4n) is 3.00. The van der Waals surface area contributed by atoms with E-state index >= 15 is 0 Å². The third kappa shape index (κ3) is 6.16. The van der Waals surface area contributed by atoms with Gasteiger partial charge in [-0.15, -0.1) is 0 Å². The molecule has 0 spiro atoms. The summed E-state index contributed by atoms with van der Waals surface area (Å²) in [6, 6.07) is 9.53. The number of hydrogen-bond donors (Lipinski definition) is 2. The van der Waals surface area contributed by atoms with Crippen molar-refractivity contribution in [3.63, 3.8) is 0 Å². The molecule has 0 fully saturated rings. The van der Waals surface area contributed by atoms with Crippen molar-refractivity contribution >= 4 is 17.4 Å². The Kier molecular flexibility index (Phi) is 7.58. The maximum atomic E-state index is 12.3. The minimum absolute atomic E-state index is 0. The Morgan fingerprint density at radius 2 is 1.94 bits per heavy atom. The molecule has 4 aromatic rings. The van der Waals surface area contributed by atoms with E-state index in [9.17, 15) is 18.0 Å². The van der Waals surface area contributed by atoms with Crippen molar-refractivity contribution in [1.82, 2.24) is 24.3 Å². The number of anilines is 1. The van der Waals surface area contributed by atoms with Crippen molar-refractivity contribution in [1.29, 1.82) is 0 Å². The predicted octanol–water partition coefficient (Wildman–Crippen LogP) is 5.34. The van der Waals surface area contributed by atoms with Gasteiger partial charge < -0.3 is 15.2 Å². The third-order valence-corrected chi connectivity index (χ3v) is 4.53. The quantitative estimate of drug-likeness (QED) is 0.396. The van der Waals surface area contributed by atoms with Crippen LogP contribution in [0.25, 0.3) is 16.9 Å². The summed E-state index contributed by atoms with van der Waals surface area (Å²) in [4.78, 5) is 20.2. The predicted molar refractivity (Wildman–Crippen MR) is 128 cm³/mol. The Bertz CT molecular complexity index is 1360. The molecule has 180 valence electrons. The Morgan fingerprint density at radius 1 is 1.15 bits per heavy atom. The average Bonchev–Trinajstić information content (AvgIpc) is 3.43. The Hall–Kier alpha value is -4.26. The van der Waals surface area contributed by atoms with Gasteiger partial charge in [-0.25, -0.2) is 14.8 Å². The second kappa shape index (κ2) is 10.6. The zero-order valence-electron chi connectivity index (χ0n) is 18.8. The molecule has 0 atom stereocenters. The first-order valence-corrected chi connectivity index (χ1v) is 10.5. The number of rotatable bonds is 3. The first-order valence-electron chi connectivity index (χ1n) is 10.5. The van der Waals surface area contributed by atoms with E-state index in [1.807, 2.05) is 54.3 Å². The van der Waals surface area contributed by atoms with Gasteiger partial charge in [0.15, 0.2) is 0 Å². The minimum atomic E-state index is -4.48. The molecule has 2 amide bonds. The molecule has 34 heavy (non-hydrogen) atoms. The summed E-state index contributed by atoms with van der Waals surface area (Å²) in [5.74, 6) is 6.14. The number of pyridine rings is 1. The van der Waals surface area contributed by atoms with Crippen LogP contribution in [0.5, 0.6) is 0 Å². The fourth-order valence-corrected chi connectivity index (χ4v) is 3.00. The van der Waals surface area contributed by atoms with Gasteiger partial charge in [-0.2, -0.15) is 13.2 Å². The van der Waals surface area contributed by atoms with E-state index in [0.717, 1.165) is 22.5 Å². The van der Waals surface area contributed by atoms with E-state index in [1.165, 1.54) is 0 Å². The fraction of sp³-hybridized carbons (Fsp3) is 0.208. The van der Waals surface area contributed by atoms with Gasteiger partial charge in [-0.1, -0.05) is 31.9 Å². The van der Waals surface area contributed by atoms with Crippen LogP contribution in [-0.4, -0.2) is 37.7 Å². The van der Waals surface area contributed by atoms with Gasteiger partial charge in [0.25, 0.3) is 0 Å². The van der Waals surface area contributed by atoms with Crippen molar-refractivity contribution in [2.45, 2.75) is 20.0 Å². The smallest absolute Gasteiger partial charge is 0.329 e. The summed E-state index contributed by atoms with van der Waals surface area (Å²) in [5, 5.41) is 4.18. The highest BCUT2D eigenvalue weighted by molar-refractivity contribution is 5.90. The van der Waals surface area contributed by atoms with Crippen LogP contribution in [0.4, 0.5) is 23.7 Å². The molecule has 7 nitrogen and oxygen atoms in total. The number of fused-ring (bicyclic) bond motifs is 1. The normalized spacial score (nSPS) is 10.6. The number of benzene rings is 1. The van der Waals surface area contributed by atoms with Crippen LogP contribution in [0.2, 0.25) is 0 Å². The molecular weight excluding hydrogens is 445 g/mol. The van der Waals surface area contributed by atoms with Crippen molar-refractivity contribution in [2.75, 3.05) is 11.9 Å². The Morgan fingerprint density at radius 3 is 2.65 bits per heavy atom. The Balaban J connectivity index is 0.00000158. The largest absolute Gasteiger partial charge is 0.405 e. The van der Waals surface area contributed by atoms with Crippen molar-refractivity contribution in [3.8, 4) is 23.1 Å². The molecule has 0 saturated heterocycles. The van der Waals surface area contributed by atoms with Crippen LogP contribution in [0.3, 0.4) is 0 Å². The van der Waals surface area contributed by atoms with Crippen LogP contribution >= 0.6 is 0 Å². The number of imidazole rings is 2. The van der Waals surface area contributed by atoms with E-state index in [4.69, 9.17) is 0 Å². The summed E-state index contributed by atoms with van der Waals surface area (Å²) in [7, 11) is 1.87. The number of amides is 2. The summed E-state index contributed by atoms with van der Waals surface area (Å²) >= 11 is 0. The zero-order valence-corrected chi connectivity index (χ0v) is 18.8. The topological polar surface area (TPSA) is 76.2 Å². The van der Waals surface area contributed by atoms with Crippen molar-refractivity contribution in [2.24, 2.45) is 7.05 Å². The molecule has 3 aromatic heterocycles. The molecule has 2 N–H and O–H groups in total. The molecule has 0 saturated carbocycles. The first-order chi connectivity index (χ1) is 16.3. The molecular formula is C24H27F3N6O. The number of carbonyl (C=O) groups is 1. The molecule has 0 radical (unpaired) electrons. The van der Waals surface area contributed by atoms with Crippen LogP contribution in [0.1, 0.15) is 28.0 Å². The van der Waals surface area contributed by atoms with E-state index in [1.54, 1.807) is 42.2 Å². The van der Waals surface area contributed by atoms with Crippen molar-refractivity contribution < 1.29 is 20.8 Å². The number of nitrogens with one attached hydrogen (secondary N) is 2. The number of carbonyl (C=O) groups excluding carboxylic acids is 1. The third-order valence-electron chi connectivity index (χ3n) is 4.53. The molecule has 0 unspecified atom stereocenters. The lowest BCUT2D eigenvalue weighted by Crippen LogP contribution is -2.36. The van der Waals surface area contributed by atoms with Gasteiger partial charge in [0.1, 0.15) is 17.9 Å². The average molecular weight is 473 g/mol. The van der Waals surface area contributed by atoms with E-state index < -0.39 is 18.8 Å². The van der Waals surface area contributed by atoms with Gasteiger partial charge in [-0.3, -0.25) is 4.40 Å². The number of alkyl halides is 3. The molecule has 10 heteroatoms. The zero-order chi connectivity index (χ0) is 24.7.